The van der Waals surface area contributed by atoms with Gasteiger partial charge in [-0.15, -0.1) is 0 Å². The van der Waals surface area contributed by atoms with Gasteiger partial charge in [0.15, 0.2) is 0 Å². The summed E-state index contributed by atoms with van der Waals surface area (Å²) < 4.78 is 4.40. The number of hydrogen-bond acceptors (Lipinski definition) is 3. The lowest BCUT2D eigenvalue weighted by Gasteiger charge is -1.90. The zero-order chi connectivity index (χ0) is 8.57. The zero-order valence-corrected chi connectivity index (χ0v) is 9.47. The molecule has 0 aromatic carbocycles. The van der Waals surface area contributed by atoms with Gasteiger partial charge >= 0.3 is 0 Å². The minimum atomic E-state index is -0.0957. The monoisotopic (exact) mass is 163 g/mol. The Labute approximate surface area is 65.9 Å². The lowest BCUT2D eigenvalue weighted by atomic mass is 10.5. The van der Waals surface area contributed by atoms with Crippen LogP contribution in [-0.2, 0) is 9.22 Å². The molecule has 0 radical (unpaired) electrons. The highest BCUT2D eigenvalue weighted by Gasteiger charge is 1.86. The molecule has 0 heterocycles. The minimum absolute atomic E-state index is 0.0957. The Balaban J connectivity index is 0. The molecule has 0 saturated heterocycles. The van der Waals surface area contributed by atoms with Gasteiger partial charge in [-0.2, -0.15) is 0 Å². The summed E-state index contributed by atoms with van der Waals surface area (Å²) in [5, 5.41) is 0. The number of carbonyl (C=O) groups excluding carboxylic acids is 1. The fraction of sp³-hybridized carbons (Fsp3) is 0.833. The lowest BCUT2D eigenvalue weighted by Crippen LogP contribution is -1.99. The second-order valence-electron chi connectivity index (χ2n) is 2.27. The average molecular weight is 163 g/mol. The summed E-state index contributed by atoms with van der Waals surface area (Å²) >= 11 is 0. The second-order valence-corrected chi connectivity index (χ2v) is 2.68. The number of nitrogens with zero attached hydrogens (tertiary/aromatic N) is 1. The maximum Gasteiger partial charge on any atom is 0.291 e. The normalized spacial score (nSPS) is 8.50. The quantitative estimate of drug-likeness (QED) is 0.483. The molecular weight excluding hydrogens is 146 g/mol. The van der Waals surface area contributed by atoms with Gasteiger partial charge in [-0.25, -0.2) is 0 Å². The van der Waals surface area contributed by atoms with E-state index < -0.39 is 0 Å². The van der Waals surface area contributed by atoms with Gasteiger partial charge in [-0.05, 0) is 21.1 Å². The van der Waals surface area contributed by atoms with Crippen LogP contribution in [0.2, 0.25) is 0 Å². The third kappa shape index (κ3) is 25.4. The van der Waals surface area contributed by atoms with Crippen LogP contribution in [0.15, 0.2) is 0 Å². The van der Waals surface area contributed by atoms with Gasteiger partial charge in [0, 0.05) is 6.42 Å². The summed E-state index contributed by atoms with van der Waals surface area (Å²) in [5.74, 6) is -0.0957. The van der Waals surface area contributed by atoms with Crippen molar-refractivity contribution in [3.05, 3.63) is 0 Å². The molecule has 0 spiro atoms. The van der Waals surface area contributed by atoms with Gasteiger partial charge in [0.25, 0.3) is 5.97 Å². The molecule has 0 aromatic heterocycles. The Bertz CT molecular complexity index is 77.1. The summed E-state index contributed by atoms with van der Waals surface area (Å²) in [4.78, 5) is 12.0. The highest BCUT2D eigenvalue weighted by molar-refractivity contribution is 6.05. The van der Waals surface area contributed by atoms with Crippen molar-refractivity contribution in [3.8, 4) is 0 Å². The predicted molar refractivity (Wildman–Crippen MR) is 45.9 cm³/mol. The van der Waals surface area contributed by atoms with E-state index >= 15 is 0 Å². The molecule has 0 rings (SSSR count). The van der Waals surface area contributed by atoms with Crippen LogP contribution in [0.3, 0.4) is 0 Å². The minimum Gasteiger partial charge on any atom is -0.529 e. The Morgan fingerprint density at radius 3 is 1.80 bits per heavy atom. The van der Waals surface area contributed by atoms with Crippen molar-refractivity contribution in [3.63, 3.8) is 0 Å². The Kier molecular flexibility index (Phi) is 10.7. The molecule has 0 amide bonds. The molecule has 62 valence electrons. The molecule has 0 saturated carbocycles. The van der Waals surface area contributed by atoms with Crippen molar-refractivity contribution in [1.29, 1.82) is 0 Å². The Morgan fingerprint density at radius 1 is 1.50 bits per heavy atom. The van der Waals surface area contributed by atoms with Crippen molar-refractivity contribution in [2.75, 3.05) is 21.1 Å². The maximum absolute atomic E-state index is 9.99. The van der Waals surface area contributed by atoms with Crippen LogP contribution in [-0.4, -0.2) is 42.5 Å². The van der Waals surface area contributed by atoms with E-state index in [4.69, 9.17) is 0 Å². The third-order valence-electron chi connectivity index (χ3n) is 0.516. The molecule has 10 heavy (non-hydrogen) atoms. The van der Waals surface area contributed by atoms with Crippen molar-refractivity contribution >= 4 is 16.5 Å². The SMILES string of the molecule is CCC(=O)O[SiH3].CN(C)C. The number of carbonyl (C=O) groups is 1. The highest BCUT2D eigenvalue weighted by Crippen LogP contribution is 1.75. The van der Waals surface area contributed by atoms with E-state index in [9.17, 15) is 4.79 Å². The molecule has 0 unspecified atom stereocenters. The van der Waals surface area contributed by atoms with Crippen LogP contribution in [0.25, 0.3) is 0 Å². The van der Waals surface area contributed by atoms with Gasteiger partial charge < -0.3 is 9.33 Å². The zero-order valence-electron chi connectivity index (χ0n) is 7.47. The molecule has 4 heteroatoms. The largest absolute Gasteiger partial charge is 0.529 e. The Morgan fingerprint density at radius 2 is 1.80 bits per heavy atom. The van der Waals surface area contributed by atoms with Crippen LogP contribution < -0.4 is 0 Å². The molecule has 0 aliphatic heterocycles. The van der Waals surface area contributed by atoms with Gasteiger partial charge in [-0.3, -0.25) is 4.79 Å². The van der Waals surface area contributed by atoms with Crippen LogP contribution in [0.4, 0.5) is 0 Å². The fourth-order valence-corrected chi connectivity index (χ4v) is 0.433. The first-order chi connectivity index (χ1) is 4.54. The van der Waals surface area contributed by atoms with E-state index in [-0.39, 0.29) is 5.97 Å². The summed E-state index contributed by atoms with van der Waals surface area (Å²) in [6.07, 6.45) is 0.503. The van der Waals surface area contributed by atoms with Crippen LogP contribution in [0, 0.1) is 0 Å². The molecule has 0 aliphatic rings. The summed E-state index contributed by atoms with van der Waals surface area (Å²) in [5.41, 5.74) is 0. The van der Waals surface area contributed by atoms with Crippen molar-refractivity contribution in [2.24, 2.45) is 0 Å². The van der Waals surface area contributed by atoms with Crippen LogP contribution >= 0.6 is 0 Å². The van der Waals surface area contributed by atoms with Gasteiger partial charge in [0.05, 0.1) is 0 Å². The number of rotatable bonds is 1. The first kappa shape index (κ1) is 12.3. The predicted octanol–water partition coefficient (Wildman–Crippen LogP) is -0.602. The van der Waals surface area contributed by atoms with E-state index in [1.54, 1.807) is 6.92 Å². The van der Waals surface area contributed by atoms with Gasteiger partial charge in [0.2, 0.25) is 10.5 Å². The Hall–Kier alpha value is -0.353. The average Bonchev–Trinajstić information content (AvgIpc) is 1.85. The molecule has 3 nitrogen and oxygen atoms in total. The summed E-state index contributed by atoms with van der Waals surface area (Å²) in [7, 11) is 6.53. The molecular formula is C6H17NO2Si. The first-order valence-corrected chi connectivity index (χ1v) is 4.04. The van der Waals surface area contributed by atoms with E-state index in [0.717, 1.165) is 0 Å². The maximum atomic E-state index is 9.99. The molecule has 0 fully saturated rings. The lowest BCUT2D eigenvalue weighted by molar-refractivity contribution is -0.133. The summed E-state index contributed by atoms with van der Waals surface area (Å²) in [6.45, 7) is 1.78. The van der Waals surface area contributed by atoms with E-state index in [1.165, 1.54) is 0 Å². The van der Waals surface area contributed by atoms with Crippen LogP contribution in [0.5, 0.6) is 0 Å². The molecule has 0 aliphatic carbocycles. The first-order valence-electron chi connectivity index (χ1n) is 3.22. The second kappa shape index (κ2) is 8.65. The molecule has 0 N–H and O–H groups in total. The standard InChI is InChI=1S/C3H9N.C3H8O2Si/c1-4(2)3;1-2-3(4)5-6/h1-3H3;2H2,1,6H3. The highest BCUT2D eigenvalue weighted by atomic mass is 28.2. The van der Waals surface area contributed by atoms with E-state index in [0.29, 0.717) is 16.9 Å². The van der Waals surface area contributed by atoms with Crippen molar-refractivity contribution in [1.82, 2.24) is 4.90 Å². The topological polar surface area (TPSA) is 29.5 Å². The molecule has 0 atom stereocenters. The smallest absolute Gasteiger partial charge is 0.291 e. The summed E-state index contributed by atoms with van der Waals surface area (Å²) in [6, 6.07) is 0. The fourth-order valence-electron chi connectivity index (χ4n) is 0.144. The van der Waals surface area contributed by atoms with Crippen molar-refractivity contribution < 1.29 is 9.22 Å². The van der Waals surface area contributed by atoms with Gasteiger partial charge in [0.1, 0.15) is 0 Å². The van der Waals surface area contributed by atoms with Gasteiger partial charge in [-0.1, -0.05) is 6.92 Å². The molecule has 0 aromatic rings. The number of hydrogen-bond donors (Lipinski definition) is 0. The van der Waals surface area contributed by atoms with E-state index in [1.807, 2.05) is 26.0 Å². The third-order valence-corrected chi connectivity index (χ3v) is 0.972. The van der Waals surface area contributed by atoms with E-state index in [2.05, 4.69) is 4.43 Å². The van der Waals surface area contributed by atoms with Crippen molar-refractivity contribution in [2.45, 2.75) is 13.3 Å². The molecule has 0 bridgehead atoms. The van der Waals surface area contributed by atoms with Crippen LogP contribution in [0.1, 0.15) is 13.3 Å².